The van der Waals surface area contributed by atoms with E-state index in [1.807, 2.05) is 0 Å². The third-order valence-corrected chi connectivity index (χ3v) is 2.49. The minimum absolute atomic E-state index is 0.0768. The van der Waals surface area contributed by atoms with Crippen molar-refractivity contribution in [2.24, 2.45) is 11.8 Å². The van der Waals surface area contributed by atoms with E-state index in [9.17, 15) is 0 Å². The van der Waals surface area contributed by atoms with Crippen LogP contribution in [0.3, 0.4) is 0 Å². The van der Waals surface area contributed by atoms with Gasteiger partial charge in [-0.15, -0.1) is 0 Å². The van der Waals surface area contributed by atoms with Gasteiger partial charge in [0.2, 0.25) is 6.29 Å². The monoisotopic (exact) mass is 186 g/mol. The maximum absolute atomic E-state index is 8.75. The maximum Gasteiger partial charge on any atom is 0.240 e. The van der Waals surface area contributed by atoms with Gasteiger partial charge in [-0.25, -0.2) is 0 Å². The molecule has 0 aromatic carbocycles. The molecular formula is C10H18O3. The second kappa shape index (κ2) is 4.51. The summed E-state index contributed by atoms with van der Waals surface area (Å²) in [6, 6.07) is 0. The minimum atomic E-state index is -0.195. The van der Waals surface area contributed by atoms with Crippen molar-refractivity contribution < 1.29 is 14.6 Å². The first-order valence-corrected chi connectivity index (χ1v) is 4.75. The fourth-order valence-corrected chi connectivity index (χ4v) is 1.13. The molecule has 13 heavy (non-hydrogen) atoms. The van der Waals surface area contributed by atoms with Crippen molar-refractivity contribution in [2.45, 2.75) is 33.5 Å². The maximum atomic E-state index is 8.75. The molecule has 2 atom stereocenters. The molecule has 76 valence electrons. The van der Waals surface area contributed by atoms with Gasteiger partial charge in [0.05, 0.1) is 0 Å². The molecule has 0 spiro atoms. The van der Waals surface area contributed by atoms with Crippen molar-refractivity contribution in [3.8, 4) is 0 Å². The average Bonchev–Trinajstić information content (AvgIpc) is 2.52. The second-order valence-electron chi connectivity index (χ2n) is 3.88. The molecule has 1 aliphatic rings. The fraction of sp³-hybridized carbons (Fsp3) is 0.800. The molecule has 3 nitrogen and oxygen atoms in total. The number of hydrogen-bond acceptors (Lipinski definition) is 3. The van der Waals surface area contributed by atoms with Crippen LogP contribution in [0.4, 0.5) is 0 Å². The Bertz CT molecular complexity index is 187. The molecule has 1 rings (SSSR count). The molecule has 0 radical (unpaired) electrons. The summed E-state index contributed by atoms with van der Waals surface area (Å²) in [5.41, 5.74) is 0. The van der Waals surface area contributed by atoms with E-state index in [1.165, 1.54) is 6.26 Å². The topological polar surface area (TPSA) is 38.7 Å². The highest BCUT2D eigenvalue weighted by Gasteiger charge is 2.22. The summed E-state index contributed by atoms with van der Waals surface area (Å²) in [5, 5.41) is 8.75. The third-order valence-electron chi connectivity index (χ3n) is 2.49. The van der Waals surface area contributed by atoms with Crippen molar-refractivity contribution in [3.63, 3.8) is 0 Å². The van der Waals surface area contributed by atoms with E-state index in [1.54, 1.807) is 0 Å². The van der Waals surface area contributed by atoms with E-state index in [0.717, 1.165) is 6.42 Å². The zero-order chi connectivity index (χ0) is 9.84. The Kier molecular flexibility index (Phi) is 3.60. The van der Waals surface area contributed by atoms with Crippen molar-refractivity contribution in [2.75, 3.05) is 6.61 Å². The Hall–Kier alpha value is -0.700. The Balaban J connectivity index is 2.26. The Morgan fingerprint density at radius 3 is 2.62 bits per heavy atom. The zero-order valence-corrected chi connectivity index (χ0v) is 8.49. The van der Waals surface area contributed by atoms with Crippen LogP contribution in [0.5, 0.6) is 0 Å². The number of aliphatic hydroxyl groups is 1. The van der Waals surface area contributed by atoms with Crippen LogP contribution in [-0.4, -0.2) is 18.0 Å². The lowest BCUT2D eigenvalue weighted by atomic mass is 9.94. The van der Waals surface area contributed by atoms with Gasteiger partial charge >= 0.3 is 0 Å². The summed E-state index contributed by atoms with van der Waals surface area (Å²) in [6.45, 7) is 6.46. The molecule has 2 unspecified atom stereocenters. The van der Waals surface area contributed by atoms with E-state index < -0.39 is 0 Å². The van der Waals surface area contributed by atoms with Crippen LogP contribution in [0, 0.1) is 11.8 Å². The lowest BCUT2D eigenvalue weighted by molar-refractivity contribution is -0.0542. The van der Waals surface area contributed by atoms with Crippen LogP contribution in [0.2, 0.25) is 0 Å². The molecule has 1 aliphatic heterocycles. The highest BCUT2D eigenvalue weighted by atomic mass is 16.7. The predicted molar refractivity (Wildman–Crippen MR) is 49.7 cm³/mol. The number of rotatable bonds is 4. The van der Waals surface area contributed by atoms with Crippen LogP contribution in [0.25, 0.3) is 0 Å². The molecule has 0 aliphatic carbocycles. The summed E-state index contributed by atoms with van der Waals surface area (Å²) >= 11 is 0. The van der Waals surface area contributed by atoms with Crippen molar-refractivity contribution in [1.29, 1.82) is 0 Å². The highest BCUT2D eigenvalue weighted by molar-refractivity contribution is 4.92. The molecule has 3 heteroatoms. The van der Waals surface area contributed by atoms with E-state index >= 15 is 0 Å². The largest absolute Gasteiger partial charge is 0.459 e. The Morgan fingerprint density at radius 2 is 2.15 bits per heavy atom. The summed E-state index contributed by atoms with van der Waals surface area (Å²) in [4.78, 5) is 0. The molecule has 0 saturated heterocycles. The molecule has 0 saturated carbocycles. The summed E-state index contributed by atoms with van der Waals surface area (Å²) in [7, 11) is 0. The van der Waals surface area contributed by atoms with Gasteiger partial charge in [0.15, 0.2) is 5.76 Å². The van der Waals surface area contributed by atoms with E-state index in [4.69, 9.17) is 14.6 Å². The molecule has 1 N–H and O–H groups in total. The van der Waals surface area contributed by atoms with Crippen LogP contribution < -0.4 is 0 Å². The molecule has 0 fully saturated rings. The van der Waals surface area contributed by atoms with Gasteiger partial charge in [0.1, 0.15) is 12.9 Å². The first-order chi connectivity index (χ1) is 6.13. The summed E-state index contributed by atoms with van der Waals surface area (Å²) in [5.74, 6) is 1.72. The lowest BCUT2D eigenvalue weighted by Gasteiger charge is -2.19. The van der Waals surface area contributed by atoms with E-state index in [-0.39, 0.29) is 12.9 Å². The number of ether oxygens (including phenoxy) is 2. The highest BCUT2D eigenvalue weighted by Crippen LogP contribution is 2.23. The van der Waals surface area contributed by atoms with Gasteiger partial charge in [-0.1, -0.05) is 20.8 Å². The normalized spacial score (nSPS) is 23.8. The van der Waals surface area contributed by atoms with Crippen LogP contribution >= 0.6 is 0 Å². The second-order valence-corrected chi connectivity index (χ2v) is 3.88. The van der Waals surface area contributed by atoms with E-state index in [0.29, 0.717) is 17.6 Å². The first kappa shape index (κ1) is 10.4. The summed E-state index contributed by atoms with van der Waals surface area (Å²) in [6.07, 6.45) is 2.18. The molecule has 0 bridgehead atoms. The lowest BCUT2D eigenvalue weighted by Crippen LogP contribution is -2.16. The Morgan fingerprint density at radius 1 is 1.46 bits per heavy atom. The zero-order valence-electron chi connectivity index (χ0n) is 8.49. The average molecular weight is 186 g/mol. The van der Waals surface area contributed by atoms with Gasteiger partial charge in [-0.3, -0.25) is 0 Å². The van der Waals surface area contributed by atoms with Crippen molar-refractivity contribution >= 4 is 0 Å². The van der Waals surface area contributed by atoms with E-state index in [2.05, 4.69) is 20.8 Å². The van der Waals surface area contributed by atoms with Gasteiger partial charge in [0.25, 0.3) is 0 Å². The standard InChI is InChI=1S/C10H18O3/c1-7(2)8(3)4-10-12-6-9(5-11)13-10/h6-8,10-11H,4-5H2,1-3H3. The van der Waals surface area contributed by atoms with Crippen molar-refractivity contribution in [1.82, 2.24) is 0 Å². The molecule has 0 amide bonds. The van der Waals surface area contributed by atoms with Gasteiger partial charge < -0.3 is 14.6 Å². The van der Waals surface area contributed by atoms with Gasteiger partial charge in [-0.2, -0.15) is 0 Å². The predicted octanol–water partition coefficient (Wildman–Crippen LogP) is 1.88. The molecule has 0 aromatic heterocycles. The first-order valence-electron chi connectivity index (χ1n) is 4.75. The number of aliphatic hydroxyl groups excluding tert-OH is 1. The molecular weight excluding hydrogens is 168 g/mol. The SMILES string of the molecule is CC(C)C(C)CC1OC=C(CO)O1. The van der Waals surface area contributed by atoms with Gasteiger partial charge in [-0.05, 0) is 11.8 Å². The van der Waals surface area contributed by atoms with Gasteiger partial charge in [0, 0.05) is 6.42 Å². The summed E-state index contributed by atoms with van der Waals surface area (Å²) < 4.78 is 10.6. The number of hydrogen-bond donors (Lipinski definition) is 1. The minimum Gasteiger partial charge on any atom is -0.459 e. The molecule has 0 aromatic rings. The smallest absolute Gasteiger partial charge is 0.240 e. The van der Waals surface area contributed by atoms with Crippen molar-refractivity contribution in [3.05, 3.63) is 12.0 Å². The molecule has 1 heterocycles. The quantitative estimate of drug-likeness (QED) is 0.728. The van der Waals surface area contributed by atoms with Crippen LogP contribution in [0.15, 0.2) is 12.0 Å². The van der Waals surface area contributed by atoms with Crippen LogP contribution in [0.1, 0.15) is 27.2 Å². The third kappa shape index (κ3) is 2.92. The Labute approximate surface area is 79.3 Å². The fourth-order valence-electron chi connectivity index (χ4n) is 1.13. The van der Waals surface area contributed by atoms with Crippen LogP contribution in [-0.2, 0) is 9.47 Å².